The molecule has 2 aromatic rings. The average Bonchev–Trinajstić information content (AvgIpc) is 2.40. The number of benzene rings is 1. The number of rotatable bonds is 3. The molecule has 0 amide bonds. The molecule has 6 nitrogen and oxygen atoms in total. The van der Waals surface area contributed by atoms with Crippen LogP contribution in [0.3, 0.4) is 0 Å². The van der Waals surface area contributed by atoms with Crippen LogP contribution in [-0.2, 0) is 0 Å². The maximum absolute atomic E-state index is 10.7. The summed E-state index contributed by atoms with van der Waals surface area (Å²) in [7, 11) is 0. The summed E-state index contributed by atoms with van der Waals surface area (Å²) >= 11 is 5.11. The molecule has 19 heavy (non-hydrogen) atoms. The van der Waals surface area contributed by atoms with Gasteiger partial charge < -0.3 is 10.6 Å². The lowest BCUT2D eigenvalue weighted by Crippen LogP contribution is -2.19. The average molecular weight is 274 g/mol. The second kappa shape index (κ2) is 5.87. The normalized spacial score (nSPS) is 9.68. The van der Waals surface area contributed by atoms with Crippen LogP contribution in [0.1, 0.15) is 0 Å². The molecule has 0 bridgehead atoms. The third-order valence-electron chi connectivity index (χ3n) is 2.23. The van der Waals surface area contributed by atoms with Gasteiger partial charge in [-0.25, -0.2) is 0 Å². The number of nitro groups is 1. The number of hydrogen-bond acceptors (Lipinski definition) is 4. The lowest BCUT2D eigenvalue weighted by atomic mass is 10.3. The van der Waals surface area contributed by atoms with Crippen molar-refractivity contribution in [1.82, 2.24) is 4.98 Å². The topological polar surface area (TPSA) is 80.1 Å². The molecule has 0 radical (unpaired) electrons. The number of anilines is 2. The molecule has 0 atom stereocenters. The zero-order valence-electron chi connectivity index (χ0n) is 9.74. The van der Waals surface area contributed by atoms with E-state index in [1.54, 1.807) is 30.6 Å². The van der Waals surface area contributed by atoms with E-state index in [4.69, 9.17) is 12.2 Å². The van der Waals surface area contributed by atoms with Crippen LogP contribution in [0.15, 0.2) is 48.8 Å². The first-order valence-electron chi connectivity index (χ1n) is 5.37. The number of aromatic nitrogens is 1. The lowest BCUT2D eigenvalue weighted by Gasteiger charge is -2.09. The Kier molecular flexibility index (Phi) is 3.99. The number of nitrogens with zero attached hydrogens (tertiary/aromatic N) is 2. The SMILES string of the molecule is O=[N+]([O-])c1cccc(NC(=S)Nc2cccnc2)c1. The Hall–Kier alpha value is -2.54. The van der Waals surface area contributed by atoms with Gasteiger partial charge in [0, 0.05) is 24.0 Å². The highest BCUT2D eigenvalue weighted by molar-refractivity contribution is 7.80. The molecule has 2 rings (SSSR count). The van der Waals surface area contributed by atoms with Crippen LogP contribution >= 0.6 is 12.2 Å². The fourth-order valence-corrected chi connectivity index (χ4v) is 1.66. The van der Waals surface area contributed by atoms with E-state index >= 15 is 0 Å². The van der Waals surface area contributed by atoms with Gasteiger partial charge in [0.2, 0.25) is 0 Å². The van der Waals surface area contributed by atoms with Crippen LogP contribution in [0.4, 0.5) is 17.1 Å². The van der Waals surface area contributed by atoms with Gasteiger partial charge in [0.15, 0.2) is 5.11 Å². The van der Waals surface area contributed by atoms with E-state index < -0.39 is 4.92 Å². The van der Waals surface area contributed by atoms with Crippen LogP contribution < -0.4 is 10.6 Å². The van der Waals surface area contributed by atoms with E-state index in [-0.39, 0.29) is 5.69 Å². The monoisotopic (exact) mass is 274 g/mol. The van der Waals surface area contributed by atoms with Gasteiger partial charge in [-0.3, -0.25) is 15.1 Å². The Labute approximate surface area is 114 Å². The van der Waals surface area contributed by atoms with E-state index in [1.165, 1.54) is 12.1 Å². The number of hydrogen-bond donors (Lipinski definition) is 2. The minimum Gasteiger partial charge on any atom is -0.332 e. The Morgan fingerprint density at radius 1 is 1.21 bits per heavy atom. The van der Waals surface area contributed by atoms with E-state index in [2.05, 4.69) is 15.6 Å². The molecule has 0 aliphatic rings. The minimum absolute atomic E-state index is 0.00850. The quantitative estimate of drug-likeness (QED) is 0.509. The van der Waals surface area contributed by atoms with Crippen LogP contribution in [0, 0.1) is 10.1 Å². The Morgan fingerprint density at radius 2 is 1.95 bits per heavy atom. The third kappa shape index (κ3) is 3.71. The number of pyridine rings is 1. The molecule has 0 aliphatic carbocycles. The van der Waals surface area contributed by atoms with Crippen molar-refractivity contribution in [2.75, 3.05) is 10.6 Å². The van der Waals surface area contributed by atoms with Crippen molar-refractivity contribution >= 4 is 34.4 Å². The van der Waals surface area contributed by atoms with E-state index in [0.29, 0.717) is 10.8 Å². The van der Waals surface area contributed by atoms with E-state index in [9.17, 15) is 10.1 Å². The first kappa shape index (κ1) is 12.9. The fourth-order valence-electron chi connectivity index (χ4n) is 1.43. The summed E-state index contributed by atoms with van der Waals surface area (Å²) in [5.41, 5.74) is 1.30. The molecule has 1 heterocycles. The van der Waals surface area contributed by atoms with Crippen molar-refractivity contribution < 1.29 is 4.92 Å². The summed E-state index contributed by atoms with van der Waals surface area (Å²) in [5, 5.41) is 16.8. The smallest absolute Gasteiger partial charge is 0.271 e. The Balaban J connectivity index is 2.03. The summed E-state index contributed by atoms with van der Waals surface area (Å²) in [5.74, 6) is 0. The molecule has 0 saturated carbocycles. The van der Waals surface area contributed by atoms with Crippen LogP contribution in [0.2, 0.25) is 0 Å². The van der Waals surface area contributed by atoms with Crippen molar-refractivity contribution in [3.8, 4) is 0 Å². The fraction of sp³-hybridized carbons (Fsp3) is 0. The molecule has 1 aromatic heterocycles. The molecule has 2 N–H and O–H groups in total. The predicted octanol–water partition coefficient (Wildman–Crippen LogP) is 2.80. The molecule has 0 aliphatic heterocycles. The van der Waals surface area contributed by atoms with E-state index in [0.717, 1.165) is 5.69 Å². The maximum Gasteiger partial charge on any atom is 0.271 e. The molecule has 0 unspecified atom stereocenters. The van der Waals surface area contributed by atoms with Crippen molar-refractivity contribution in [3.63, 3.8) is 0 Å². The standard InChI is InChI=1S/C12H10N4O2S/c17-16(18)11-5-1-3-9(7-11)14-12(19)15-10-4-2-6-13-8-10/h1-8H,(H2,14,15,19). The minimum atomic E-state index is -0.456. The van der Waals surface area contributed by atoms with Crippen LogP contribution in [0.5, 0.6) is 0 Å². The summed E-state index contributed by atoms with van der Waals surface area (Å²) < 4.78 is 0. The second-order valence-electron chi connectivity index (χ2n) is 3.63. The Bertz CT molecular complexity index is 604. The third-order valence-corrected chi connectivity index (χ3v) is 2.44. The summed E-state index contributed by atoms with van der Waals surface area (Å²) in [6.07, 6.45) is 3.28. The molecule has 0 fully saturated rings. The first-order valence-corrected chi connectivity index (χ1v) is 5.78. The number of non-ortho nitro benzene ring substituents is 1. The highest BCUT2D eigenvalue weighted by Crippen LogP contribution is 2.17. The van der Waals surface area contributed by atoms with Crippen LogP contribution in [-0.4, -0.2) is 15.0 Å². The second-order valence-corrected chi connectivity index (χ2v) is 4.04. The largest absolute Gasteiger partial charge is 0.332 e. The van der Waals surface area contributed by atoms with Crippen LogP contribution in [0.25, 0.3) is 0 Å². The zero-order chi connectivity index (χ0) is 13.7. The van der Waals surface area contributed by atoms with Gasteiger partial charge >= 0.3 is 0 Å². The predicted molar refractivity (Wildman–Crippen MR) is 77.2 cm³/mol. The lowest BCUT2D eigenvalue weighted by molar-refractivity contribution is -0.384. The van der Waals surface area contributed by atoms with Crippen molar-refractivity contribution in [2.45, 2.75) is 0 Å². The molecule has 96 valence electrons. The van der Waals surface area contributed by atoms with E-state index in [1.807, 2.05) is 6.07 Å². The van der Waals surface area contributed by atoms with Gasteiger partial charge in [-0.05, 0) is 30.4 Å². The van der Waals surface area contributed by atoms with Gasteiger partial charge in [-0.15, -0.1) is 0 Å². The molecule has 0 saturated heterocycles. The highest BCUT2D eigenvalue weighted by atomic mass is 32.1. The molecule has 0 spiro atoms. The number of nitro benzene ring substituents is 1. The first-order chi connectivity index (χ1) is 9.15. The number of thiocarbonyl (C=S) groups is 1. The van der Waals surface area contributed by atoms with Gasteiger partial charge in [0.05, 0.1) is 16.8 Å². The van der Waals surface area contributed by atoms with Gasteiger partial charge in [-0.1, -0.05) is 6.07 Å². The number of nitrogens with one attached hydrogen (secondary N) is 2. The van der Waals surface area contributed by atoms with Gasteiger partial charge in [0.25, 0.3) is 5.69 Å². The van der Waals surface area contributed by atoms with Crippen molar-refractivity contribution in [2.24, 2.45) is 0 Å². The Morgan fingerprint density at radius 3 is 2.63 bits per heavy atom. The summed E-state index contributed by atoms with van der Waals surface area (Å²) in [4.78, 5) is 14.1. The van der Waals surface area contributed by atoms with Gasteiger partial charge in [-0.2, -0.15) is 0 Å². The van der Waals surface area contributed by atoms with Crippen molar-refractivity contribution in [3.05, 3.63) is 58.9 Å². The molecule has 1 aromatic carbocycles. The zero-order valence-corrected chi connectivity index (χ0v) is 10.6. The molecule has 7 heteroatoms. The molecular weight excluding hydrogens is 264 g/mol. The summed E-state index contributed by atoms with van der Waals surface area (Å²) in [6.45, 7) is 0. The van der Waals surface area contributed by atoms with Gasteiger partial charge in [0.1, 0.15) is 0 Å². The summed E-state index contributed by atoms with van der Waals surface area (Å²) in [6, 6.07) is 9.71. The van der Waals surface area contributed by atoms with Crippen molar-refractivity contribution in [1.29, 1.82) is 0 Å². The maximum atomic E-state index is 10.7. The highest BCUT2D eigenvalue weighted by Gasteiger charge is 2.06. The molecular formula is C12H10N4O2S.